The van der Waals surface area contributed by atoms with Crippen molar-refractivity contribution in [1.82, 2.24) is 24.7 Å². The van der Waals surface area contributed by atoms with Gasteiger partial charge in [0.1, 0.15) is 17.2 Å². The van der Waals surface area contributed by atoms with Crippen LogP contribution in [0.4, 0.5) is 5.82 Å². The van der Waals surface area contributed by atoms with Crippen LogP contribution in [0.5, 0.6) is 0 Å². The molecule has 0 aromatic carbocycles. The van der Waals surface area contributed by atoms with Crippen LogP contribution in [0.2, 0.25) is 0 Å². The number of anilines is 1. The Labute approximate surface area is 101 Å². The quantitative estimate of drug-likeness (QED) is 0.757. The molecule has 17 heavy (non-hydrogen) atoms. The molecule has 3 heterocycles. The summed E-state index contributed by atoms with van der Waals surface area (Å²) in [6.07, 6.45) is 5.09. The van der Waals surface area contributed by atoms with Crippen LogP contribution in [0.25, 0.3) is 11.0 Å². The molecule has 86 valence electrons. The Bertz CT molecular complexity index is 629. The number of hydrogen-bond acceptors (Lipinski definition) is 6. The highest BCUT2D eigenvalue weighted by Gasteiger charge is 2.07. The first-order valence-corrected chi connectivity index (χ1v) is 5.97. The lowest BCUT2D eigenvalue weighted by molar-refractivity contribution is 0.785. The van der Waals surface area contributed by atoms with E-state index in [9.17, 15) is 0 Å². The van der Waals surface area contributed by atoms with Crippen molar-refractivity contribution in [2.45, 2.75) is 6.54 Å². The van der Waals surface area contributed by atoms with Gasteiger partial charge in [-0.15, -0.1) is 11.3 Å². The van der Waals surface area contributed by atoms with E-state index >= 15 is 0 Å². The van der Waals surface area contributed by atoms with Crippen molar-refractivity contribution in [2.24, 2.45) is 7.05 Å². The molecule has 0 bridgehead atoms. The summed E-state index contributed by atoms with van der Waals surface area (Å²) >= 11 is 1.61. The average molecular weight is 246 g/mol. The first-order chi connectivity index (χ1) is 8.34. The van der Waals surface area contributed by atoms with Gasteiger partial charge in [0.2, 0.25) is 0 Å². The van der Waals surface area contributed by atoms with E-state index < -0.39 is 0 Å². The molecule has 3 aromatic rings. The van der Waals surface area contributed by atoms with Gasteiger partial charge in [-0.1, -0.05) is 0 Å². The van der Waals surface area contributed by atoms with Gasteiger partial charge in [-0.2, -0.15) is 5.10 Å². The normalized spacial score (nSPS) is 10.9. The van der Waals surface area contributed by atoms with Crippen molar-refractivity contribution in [1.29, 1.82) is 0 Å². The van der Waals surface area contributed by atoms with E-state index in [4.69, 9.17) is 0 Å². The zero-order chi connectivity index (χ0) is 11.7. The Balaban J connectivity index is 1.90. The van der Waals surface area contributed by atoms with Crippen LogP contribution in [0, 0.1) is 0 Å². The van der Waals surface area contributed by atoms with Gasteiger partial charge in [0, 0.05) is 18.6 Å². The lowest BCUT2D eigenvalue weighted by atomic mass is 10.4. The number of rotatable bonds is 3. The van der Waals surface area contributed by atoms with E-state index in [0.717, 1.165) is 21.9 Å². The fourth-order valence-electron chi connectivity index (χ4n) is 1.60. The Morgan fingerprint density at radius 3 is 3.12 bits per heavy atom. The Hall–Kier alpha value is -2.02. The van der Waals surface area contributed by atoms with Gasteiger partial charge in [-0.3, -0.25) is 4.68 Å². The number of nitrogens with one attached hydrogen (secondary N) is 1. The lowest BCUT2D eigenvalue weighted by Gasteiger charge is -2.03. The van der Waals surface area contributed by atoms with Crippen molar-refractivity contribution < 1.29 is 0 Å². The third-order valence-corrected chi connectivity index (χ3v) is 3.20. The van der Waals surface area contributed by atoms with Gasteiger partial charge in [0.15, 0.2) is 5.65 Å². The maximum absolute atomic E-state index is 4.22. The molecule has 0 aliphatic carbocycles. The number of nitrogens with zero attached hydrogens (tertiary/aromatic N) is 5. The third kappa shape index (κ3) is 1.84. The summed E-state index contributed by atoms with van der Waals surface area (Å²) in [5.41, 5.74) is 0.821. The summed E-state index contributed by atoms with van der Waals surface area (Å²) in [5, 5.41) is 11.3. The zero-order valence-electron chi connectivity index (χ0n) is 9.16. The van der Waals surface area contributed by atoms with Gasteiger partial charge in [0.25, 0.3) is 0 Å². The molecular formula is C10H10N6S. The molecule has 3 rings (SSSR count). The number of hydrogen-bond donors (Lipinski definition) is 1. The van der Waals surface area contributed by atoms with Crippen molar-refractivity contribution >= 4 is 28.2 Å². The van der Waals surface area contributed by atoms with Crippen LogP contribution in [0.3, 0.4) is 0 Å². The van der Waals surface area contributed by atoms with Crippen LogP contribution in [0.1, 0.15) is 5.01 Å². The second kappa shape index (κ2) is 4.10. The van der Waals surface area contributed by atoms with E-state index in [2.05, 4.69) is 25.4 Å². The number of thiazole rings is 1. The molecule has 0 radical (unpaired) electrons. The van der Waals surface area contributed by atoms with E-state index in [0.29, 0.717) is 6.54 Å². The zero-order valence-corrected chi connectivity index (χ0v) is 9.98. The summed E-state index contributed by atoms with van der Waals surface area (Å²) in [6, 6.07) is 0. The maximum atomic E-state index is 4.22. The topological polar surface area (TPSA) is 68.5 Å². The SMILES string of the molecule is Cn1ncc2c(NCc3nccs3)ncnc21. The second-order valence-corrected chi connectivity index (χ2v) is 4.49. The predicted octanol–water partition coefficient (Wildman–Crippen LogP) is 1.43. The highest BCUT2D eigenvalue weighted by molar-refractivity contribution is 7.09. The van der Waals surface area contributed by atoms with Gasteiger partial charge in [0.05, 0.1) is 18.1 Å². The molecule has 0 aliphatic rings. The van der Waals surface area contributed by atoms with E-state index in [1.54, 1.807) is 28.4 Å². The van der Waals surface area contributed by atoms with Crippen LogP contribution in [-0.2, 0) is 13.6 Å². The summed E-state index contributed by atoms with van der Waals surface area (Å²) in [6.45, 7) is 0.665. The summed E-state index contributed by atoms with van der Waals surface area (Å²) in [5.74, 6) is 0.790. The molecule has 1 N–H and O–H groups in total. The van der Waals surface area contributed by atoms with Gasteiger partial charge in [-0.05, 0) is 0 Å². The molecule has 0 fully saturated rings. The minimum absolute atomic E-state index is 0.665. The molecule has 0 spiro atoms. The van der Waals surface area contributed by atoms with Crippen LogP contribution < -0.4 is 5.32 Å². The smallest absolute Gasteiger partial charge is 0.163 e. The van der Waals surface area contributed by atoms with Gasteiger partial charge >= 0.3 is 0 Å². The van der Waals surface area contributed by atoms with Crippen LogP contribution in [-0.4, -0.2) is 24.7 Å². The van der Waals surface area contributed by atoms with Gasteiger partial charge < -0.3 is 5.32 Å². The number of aromatic nitrogens is 5. The lowest BCUT2D eigenvalue weighted by Crippen LogP contribution is -2.02. The highest BCUT2D eigenvalue weighted by atomic mass is 32.1. The largest absolute Gasteiger partial charge is 0.363 e. The van der Waals surface area contributed by atoms with Crippen LogP contribution >= 0.6 is 11.3 Å². The van der Waals surface area contributed by atoms with Crippen molar-refractivity contribution in [3.05, 3.63) is 29.1 Å². The minimum atomic E-state index is 0.665. The Morgan fingerprint density at radius 2 is 2.29 bits per heavy atom. The minimum Gasteiger partial charge on any atom is -0.363 e. The Kier molecular flexibility index (Phi) is 2.45. The molecule has 0 aliphatic heterocycles. The fraction of sp³-hybridized carbons (Fsp3) is 0.200. The summed E-state index contributed by atoms with van der Waals surface area (Å²) in [4.78, 5) is 12.6. The highest BCUT2D eigenvalue weighted by Crippen LogP contribution is 2.18. The Morgan fingerprint density at radius 1 is 1.35 bits per heavy atom. The van der Waals surface area contributed by atoms with E-state index in [1.807, 2.05) is 12.4 Å². The predicted molar refractivity (Wildman–Crippen MR) is 65.7 cm³/mol. The summed E-state index contributed by atoms with van der Waals surface area (Å²) < 4.78 is 1.73. The first kappa shape index (κ1) is 10.2. The van der Waals surface area contributed by atoms with Crippen molar-refractivity contribution in [2.75, 3.05) is 5.32 Å². The monoisotopic (exact) mass is 246 g/mol. The van der Waals surface area contributed by atoms with Gasteiger partial charge in [-0.25, -0.2) is 15.0 Å². The van der Waals surface area contributed by atoms with Crippen LogP contribution in [0.15, 0.2) is 24.1 Å². The van der Waals surface area contributed by atoms with Crippen molar-refractivity contribution in [3.63, 3.8) is 0 Å². The molecule has 7 heteroatoms. The molecule has 3 aromatic heterocycles. The number of fused-ring (bicyclic) bond motifs is 1. The molecule has 0 saturated heterocycles. The standard InChI is InChI=1S/C10H10N6S/c1-16-10-7(4-15-16)9(13-6-14-10)12-5-8-11-2-3-17-8/h2-4,6H,5H2,1H3,(H,12,13,14). The first-order valence-electron chi connectivity index (χ1n) is 5.09. The summed E-state index contributed by atoms with van der Waals surface area (Å²) in [7, 11) is 1.86. The average Bonchev–Trinajstić information content (AvgIpc) is 2.97. The van der Waals surface area contributed by atoms with E-state index in [-0.39, 0.29) is 0 Å². The molecule has 0 atom stereocenters. The van der Waals surface area contributed by atoms with E-state index in [1.165, 1.54) is 6.33 Å². The second-order valence-electron chi connectivity index (χ2n) is 3.51. The fourth-order valence-corrected chi connectivity index (χ4v) is 2.16. The maximum Gasteiger partial charge on any atom is 0.163 e. The number of aryl methyl sites for hydroxylation is 1. The molecule has 0 saturated carbocycles. The molecule has 0 unspecified atom stereocenters. The molecule has 0 amide bonds. The van der Waals surface area contributed by atoms with Crippen molar-refractivity contribution in [3.8, 4) is 0 Å². The molecule has 6 nitrogen and oxygen atoms in total. The third-order valence-electron chi connectivity index (χ3n) is 2.42. The molecular weight excluding hydrogens is 236 g/mol.